The molecular weight excluding hydrogens is 245 g/mol. The zero-order valence-corrected chi connectivity index (χ0v) is 10.7. The average Bonchev–Trinajstić information content (AvgIpc) is 2.91. The van der Waals surface area contributed by atoms with Crippen molar-refractivity contribution in [2.24, 2.45) is 0 Å². The molecule has 0 spiro atoms. The molecule has 1 aliphatic heterocycles. The summed E-state index contributed by atoms with van der Waals surface area (Å²) in [6.07, 6.45) is 3.62. The lowest BCUT2D eigenvalue weighted by molar-refractivity contribution is 0.322. The molecule has 0 bridgehead atoms. The Kier molecular flexibility index (Phi) is 3.29. The maximum atomic E-state index is 13.3. The van der Waals surface area contributed by atoms with Gasteiger partial charge in [-0.1, -0.05) is 0 Å². The third-order valence-corrected chi connectivity index (χ3v) is 3.64. The summed E-state index contributed by atoms with van der Waals surface area (Å²) in [5, 5.41) is 0. The number of likely N-dealkylation sites (tertiary alicyclic amines) is 1. The van der Waals surface area contributed by atoms with Crippen molar-refractivity contribution in [3.63, 3.8) is 0 Å². The molecule has 19 heavy (non-hydrogen) atoms. The zero-order chi connectivity index (χ0) is 13.2. The van der Waals surface area contributed by atoms with E-state index in [2.05, 4.69) is 9.88 Å². The highest BCUT2D eigenvalue weighted by Crippen LogP contribution is 2.12. The average molecular weight is 261 g/mol. The first-order valence-corrected chi connectivity index (χ1v) is 6.61. The van der Waals surface area contributed by atoms with Gasteiger partial charge in [0.25, 0.3) is 5.56 Å². The topological polar surface area (TPSA) is 38.1 Å². The Morgan fingerprint density at radius 1 is 1.21 bits per heavy atom. The van der Waals surface area contributed by atoms with Crippen molar-refractivity contribution < 1.29 is 4.39 Å². The van der Waals surface area contributed by atoms with Crippen LogP contribution in [-0.4, -0.2) is 34.1 Å². The molecule has 2 aromatic heterocycles. The van der Waals surface area contributed by atoms with Crippen molar-refractivity contribution in [3.8, 4) is 0 Å². The van der Waals surface area contributed by atoms with E-state index in [-0.39, 0.29) is 5.56 Å². The zero-order valence-electron chi connectivity index (χ0n) is 10.7. The van der Waals surface area contributed by atoms with Crippen LogP contribution in [0, 0.1) is 5.82 Å². The molecule has 2 aromatic rings. The van der Waals surface area contributed by atoms with Crippen LogP contribution < -0.4 is 5.56 Å². The van der Waals surface area contributed by atoms with E-state index in [1.54, 1.807) is 10.6 Å². The summed E-state index contributed by atoms with van der Waals surface area (Å²) in [5.74, 6) is -0.409. The lowest BCUT2D eigenvalue weighted by Crippen LogP contribution is -2.29. The van der Waals surface area contributed by atoms with E-state index in [1.807, 2.05) is 0 Å². The van der Waals surface area contributed by atoms with Gasteiger partial charge in [-0.15, -0.1) is 0 Å². The molecule has 1 fully saturated rings. The molecule has 5 heteroatoms. The predicted octanol–water partition coefficient (Wildman–Crippen LogP) is 1.63. The van der Waals surface area contributed by atoms with Crippen LogP contribution in [0.4, 0.5) is 4.39 Å². The Bertz CT molecular complexity index is 647. The molecule has 0 saturated carbocycles. The number of aromatic nitrogens is 2. The van der Waals surface area contributed by atoms with Crippen molar-refractivity contribution in [1.29, 1.82) is 0 Å². The van der Waals surface area contributed by atoms with Gasteiger partial charge in [0.05, 0.1) is 17.2 Å². The predicted molar refractivity (Wildman–Crippen MR) is 71.6 cm³/mol. The van der Waals surface area contributed by atoms with Crippen LogP contribution in [0.3, 0.4) is 0 Å². The van der Waals surface area contributed by atoms with Gasteiger partial charge in [-0.25, -0.2) is 4.39 Å². The maximum Gasteiger partial charge on any atom is 0.251 e. The van der Waals surface area contributed by atoms with E-state index in [9.17, 15) is 9.18 Å². The quantitative estimate of drug-likeness (QED) is 0.843. The number of nitrogens with zero attached hydrogens (tertiary/aromatic N) is 3. The highest BCUT2D eigenvalue weighted by molar-refractivity contribution is 5.74. The van der Waals surface area contributed by atoms with Gasteiger partial charge in [0, 0.05) is 25.2 Å². The first-order chi connectivity index (χ1) is 9.24. The fourth-order valence-corrected chi connectivity index (χ4v) is 2.62. The minimum atomic E-state index is -0.409. The van der Waals surface area contributed by atoms with E-state index in [4.69, 9.17) is 0 Å². The maximum absolute atomic E-state index is 13.3. The van der Waals surface area contributed by atoms with Crippen molar-refractivity contribution in [2.75, 3.05) is 19.6 Å². The SMILES string of the molecule is O=c1ccc2ncc(F)cc2n1CCN1CCCC1. The molecule has 0 amide bonds. The second-order valence-electron chi connectivity index (χ2n) is 4.93. The lowest BCUT2D eigenvalue weighted by Gasteiger charge is -2.16. The molecule has 0 unspecified atom stereocenters. The summed E-state index contributed by atoms with van der Waals surface area (Å²) in [6, 6.07) is 4.52. The number of rotatable bonds is 3. The fourth-order valence-electron chi connectivity index (χ4n) is 2.62. The van der Waals surface area contributed by atoms with Gasteiger partial charge in [0.1, 0.15) is 5.82 Å². The molecule has 1 aliphatic rings. The highest BCUT2D eigenvalue weighted by Gasteiger charge is 2.12. The van der Waals surface area contributed by atoms with Gasteiger partial charge in [-0.3, -0.25) is 9.78 Å². The van der Waals surface area contributed by atoms with Crippen LogP contribution in [-0.2, 0) is 6.54 Å². The summed E-state index contributed by atoms with van der Waals surface area (Å²) in [4.78, 5) is 18.3. The Morgan fingerprint density at radius 3 is 2.79 bits per heavy atom. The van der Waals surface area contributed by atoms with E-state index < -0.39 is 5.82 Å². The lowest BCUT2D eigenvalue weighted by atomic mass is 10.3. The van der Waals surface area contributed by atoms with E-state index >= 15 is 0 Å². The Morgan fingerprint density at radius 2 is 2.00 bits per heavy atom. The van der Waals surface area contributed by atoms with Gasteiger partial charge in [0.2, 0.25) is 0 Å². The van der Waals surface area contributed by atoms with Crippen LogP contribution in [0.15, 0.2) is 29.2 Å². The minimum Gasteiger partial charge on any atom is -0.305 e. The number of pyridine rings is 2. The molecule has 1 saturated heterocycles. The number of hydrogen-bond donors (Lipinski definition) is 0. The molecule has 3 heterocycles. The Labute approximate surface area is 110 Å². The van der Waals surface area contributed by atoms with E-state index in [0.717, 1.165) is 19.6 Å². The Hall–Kier alpha value is -1.75. The van der Waals surface area contributed by atoms with Crippen LogP contribution in [0.1, 0.15) is 12.8 Å². The molecule has 4 nitrogen and oxygen atoms in total. The van der Waals surface area contributed by atoms with E-state index in [1.165, 1.54) is 31.2 Å². The molecular formula is C14H16FN3O. The van der Waals surface area contributed by atoms with Crippen LogP contribution in [0.25, 0.3) is 11.0 Å². The van der Waals surface area contributed by atoms with Crippen molar-refractivity contribution in [3.05, 3.63) is 40.6 Å². The minimum absolute atomic E-state index is 0.0981. The van der Waals surface area contributed by atoms with Crippen LogP contribution in [0.2, 0.25) is 0 Å². The van der Waals surface area contributed by atoms with Gasteiger partial charge < -0.3 is 9.47 Å². The molecule has 0 radical (unpaired) electrons. The number of fused-ring (bicyclic) bond motifs is 1. The molecule has 100 valence electrons. The summed E-state index contributed by atoms with van der Waals surface area (Å²) in [7, 11) is 0. The summed E-state index contributed by atoms with van der Waals surface area (Å²) < 4.78 is 14.9. The molecule has 0 atom stereocenters. The monoisotopic (exact) mass is 261 g/mol. The largest absolute Gasteiger partial charge is 0.305 e. The first kappa shape index (κ1) is 12.3. The molecule has 3 rings (SSSR count). The van der Waals surface area contributed by atoms with Gasteiger partial charge in [-0.2, -0.15) is 0 Å². The normalized spacial score (nSPS) is 16.3. The summed E-state index contributed by atoms with van der Waals surface area (Å²) in [6.45, 7) is 3.59. The second-order valence-corrected chi connectivity index (χ2v) is 4.93. The van der Waals surface area contributed by atoms with Crippen LogP contribution in [0.5, 0.6) is 0 Å². The Balaban J connectivity index is 1.93. The molecule has 0 N–H and O–H groups in total. The van der Waals surface area contributed by atoms with Gasteiger partial charge in [0.15, 0.2) is 0 Å². The van der Waals surface area contributed by atoms with Crippen LogP contribution >= 0.6 is 0 Å². The summed E-state index contributed by atoms with van der Waals surface area (Å²) in [5.41, 5.74) is 1.13. The van der Waals surface area contributed by atoms with Crippen molar-refractivity contribution in [1.82, 2.24) is 14.5 Å². The number of halogens is 1. The third-order valence-electron chi connectivity index (χ3n) is 3.64. The standard InChI is InChI=1S/C14H16FN3O/c15-11-9-13-12(16-10-11)3-4-14(19)18(13)8-7-17-5-1-2-6-17/h3-4,9-10H,1-2,5-8H2. The number of hydrogen-bond acceptors (Lipinski definition) is 3. The fraction of sp³-hybridized carbons (Fsp3) is 0.429. The second kappa shape index (κ2) is 5.09. The smallest absolute Gasteiger partial charge is 0.251 e. The first-order valence-electron chi connectivity index (χ1n) is 6.61. The molecule has 0 aromatic carbocycles. The van der Waals surface area contributed by atoms with Crippen molar-refractivity contribution in [2.45, 2.75) is 19.4 Å². The van der Waals surface area contributed by atoms with Gasteiger partial charge >= 0.3 is 0 Å². The highest BCUT2D eigenvalue weighted by atomic mass is 19.1. The van der Waals surface area contributed by atoms with Gasteiger partial charge in [-0.05, 0) is 32.0 Å². The molecule has 0 aliphatic carbocycles. The third kappa shape index (κ3) is 2.51. The van der Waals surface area contributed by atoms with E-state index in [0.29, 0.717) is 17.6 Å². The van der Waals surface area contributed by atoms with Crippen molar-refractivity contribution >= 4 is 11.0 Å². The summed E-state index contributed by atoms with van der Waals surface area (Å²) >= 11 is 0.